The van der Waals surface area contributed by atoms with Crippen LogP contribution in [-0.2, 0) is 10.0 Å². The van der Waals surface area contributed by atoms with Crippen molar-refractivity contribution in [2.75, 3.05) is 13.1 Å². The zero-order valence-electron chi connectivity index (χ0n) is 15.6. The average molecular weight is 415 g/mol. The molecule has 0 spiro atoms. The molecule has 0 aromatic heterocycles. The Kier molecular flexibility index (Phi) is 6.40. The largest absolute Gasteiger partial charge is 0.478 e. The maximum Gasteiger partial charge on any atom is 0.335 e. The molecular formula is C20H21N3O5S. The first-order valence-corrected chi connectivity index (χ1v) is 10.6. The number of nitrogens with zero attached hydrogens (tertiary/aromatic N) is 2. The first-order valence-electron chi connectivity index (χ1n) is 9.15. The highest BCUT2D eigenvalue weighted by Gasteiger charge is 2.26. The Morgan fingerprint density at radius 2 is 1.69 bits per heavy atom. The first kappa shape index (κ1) is 20.7. The second-order valence-corrected chi connectivity index (χ2v) is 8.56. The van der Waals surface area contributed by atoms with Crippen LogP contribution in [-0.4, -0.2) is 49.0 Å². The number of hydrogen-bond donors (Lipinski definition) is 2. The molecule has 2 N–H and O–H groups in total. The number of hydrogen-bond acceptors (Lipinski definition) is 5. The van der Waals surface area contributed by atoms with Crippen molar-refractivity contribution in [2.24, 2.45) is 5.10 Å². The van der Waals surface area contributed by atoms with Gasteiger partial charge in [-0.1, -0.05) is 24.6 Å². The molecule has 2 aromatic carbocycles. The zero-order chi connectivity index (χ0) is 20.9. The molecule has 2 aromatic rings. The van der Waals surface area contributed by atoms with E-state index in [1.165, 1.54) is 46.9 Å². The van der Waals surface area contributed by atoms with E-state index >= 15 is 0 Å². The van der Waals surface area contributed by atoms with Crippen molar-refractivity contribution in [3.63, 3.8) is 0 Å². The summed E-state index contributed by atoms with van der Waals surface area (Å²) in [6, 6.07) is 11.9. The molecule has 152 valence electrons. The maximum atomic E-state index is 12.8. The number of hydrazone groups is 1. The number of rotatable bonds is 6. The van der Waals surface area contributed by atoms with Crippen molar-refractivity contribution in [1.29, 1.82) is 0 Å². The number of nitrogens with one attached hydrogen (secondary N) is 1. The van der Waals surface area contributed by atoms with E-state index in [9.17, 15) is 18.0 Å². The summed E-state index contributed by atoms with van der Waals surface area (Å²) in [6.07, 6.45) is 4.06. The fraction of sp³-hybridized carbons (Fsp3) is 0.250. The zero-order valence-corrected chi connectivity index (χ0v) is 16.4. The Balaban J connectivity index is 1.68. The predicted molar refractivity (Wildman–Crippen MR) is 108 cm³/mol. The van der Waals surface area contributed by atoms with E-state index in [4.69, 9.17) is 5.11 Å². The SMILES string of the molecule is O=C(O)c1ccc(/C=N\NC(=O)c2cccc(S(=O)(=O)N3CCCCC3)c2)cc1. The molecule has 29 heavy (non-hydrogen) atoms. The van der Waals surface area contributed by atoms with E-state index in [1.54, 1.807) is 12.1 Å². The molecule has 0 atom stereocenters. The van der Waals surface area contributed by atoms with Crippen molar-refractivity contribution >= 4 is 28.1 Å². The van der Waals surface area contributed by atoms with Gasteiger partial charge in [0.05, 0.1) is 16.7 Å². The van der Waals surface area contributed by atoms with Gasteiger partial charge < -0.3 is 5.11 Å². The minimum atomic E-state index is -3.63. The van der Waals surface area contributed by atoms with Crippen LogP contribution in [0.15, 0.2) is 58.5 Å². The molecule has 9 heteroatoms. The summed E-state index contributed by atoms with van der Waals surface area (Å²) in [4.78, 5) is 23.2. The van der Waals surface area contributed by atoms with Crippen molar-refractivity contribution in [3.05, 3.63) is 65.2 Å². The van der Waals surface area contributed by atoms with Gasteiger partial charge in [0, 0.05) is 18.7 Å². The smallest absolute Gasteiger partial charge is 0.335 e. The van der Waals surface area contributed by atoms with Crippen LogP contribution in [0.5, 0.6) is 0 Å². The van der Waals surface area contributed by atoms with Crippen LogP contribution < -0.4 is 5.43 Å². The number of aromatic carboxylic acids is 1. The summed E-state index contributed by atoms with van der Waals surface area (Å²) in [7, 11) is -3.63. The Labute approximate surface area is 168 Å². The summed E-state index contributed by atoms with van der Waals surface area (Å²) in [5.74, 6) is -1.57. The van der Waals surface area contributed by atoms with Crippen molar-refractivity contribution in [3.8, 4) is 0 Å². The Morgan fingerprint density at radius 3 is 2.34 bits per heavy atom. The van der Waals surface area contributed by atoms with Crippen LogP contribution in [0.1, 0.15) is 45.5 Å². The topological polar surface area (TPSA) is 116 Å². The minimum absolute atomic E-state index is 0.0836. The van der Waals surface area contributed by atoms with Crippen LogP contribution in [0.25, 0.3) is 0 Å². The standard InChI is InChI=1S/C20H21N3O5S/c24-19(22-21-14-15-7-9-16(10-8-15)20(25)26)17-5-4-6-18(13-17)29(27,28)23-11-2-1-3-12-23/h4-10,13-14H,1-3,11-12H2,(H,22,24)(H,25,26)/b21-14-. The number of carboxylic acid groups (broad SMARTS) is 1. The fourth-order valence-corrected chi connectivity index (χ4v) is 4.56. The third kappa shape index (κ3) is 5.07. The van der Waals surface area contributed by atoms with Gasteiger partial charge in [0.1, 0.15) is 0 Å². The third-order valence-electron chi connectivity index (χ3n) is 4.59. The van der Waals surface area contributed by atoms with E-state index in [1.807, 2.05) is 0 Å². The summed E-state index contributed by atoms with van der Waals surface area (Å²) in [5, 5.41) is 12.7. The monoisotopic (exact) mass is 415 g/mol. The molecule has 1 fully saturated rings. The second kappa shape index (κ2) is 8.97. The molecule has 1 aliphatic rings. The molecule has 0 saturated carbocycles. The van der Waals surface area contributed by atoms with Crippen LogP contribution in [0.4, 0.5) is 0 Å². The Morgan fingerprint density at radius 1 is 1.00 bits per heavy atom. The summed E-state index contributed by atoms with van der Waals surface area (Å²) in [5.41, 5.74) is 3.29. The number of benzene rings is 2. The van der Waals surface area contributed by atoms with Gasteiger partial charge in [0.15, 0.2) is 0 Å². The van der Waals surface area contributed by atoms with Crippen molar-refractivity contribution in [2.45, 2.75) is 24.2 Å². The summed E-state index contributed by atoms with van der Waals surface area (Å²) in [6.45, 7) is 0.980. The Hall–Kier alpha value is -3.04. The number of sulfonamides is 1. The van der Waals surface area contributed by atoms with E-state index in [2.05, 4.69) is 10.5 Å². The van der Waals surface area contributed by atoms with E-state index in [0.717, 1.165) is 19.3 Å². The van der Waals surface area contributed by atoms with E-state index in [-0.39, 0.29) is 16.0 Å². The number of piperidine rings is 1. The highest BCUT2D eigenvalue weighted by molar-refractivity contribution is 7.89. The molecule has 0 unspecified atom stereocenters. The van der Waals surface area contributed by atoms with Crippen molar-refractivity contribution < 1.29 is 23.1 Å². The van der Waals surface area contributed by atoms with Crippen LogP contribution in [0.3, 0.4) is 0 Å². The molecule has 1 heterocycles. The van der Waals surface area contributed by atoms with Crippen LogP contribution in [0, 0.1) is 0 Å². The number of amides is 1. The lowest BCUT2D eigenvalue weighted by Crippen LogP contribution is -2.35. The minimum Gasteiger partial charge on any atom is -0.478 e. The Bertz CT molecular complexity index is 1030. The van der Waals surface area contributed by atoms with Gasteiger partial charge in [-0.05, 0) is 48.7 Å². The molecule has 0 aliphatic carbocycles. The quantitative estimate of drug-likeness (QED) is 0.555. The molecule has 3 rings (SSSR count). The molecule has 0 radical (unpaired) electrons. The van der Waals surface area contributed by atoms with Gasteiger partial charge in [-0.15, -0.1) is 0 Å². The molecule has 8 nitrogen and oxygen atoms in total. The van der Waals surface area contributed by atoms with Gasteiger partial charge in [0.25, 0.3) is 5.91 Å². The van der Waals surface area contributed by atoms with Gasteiger partial charge in [0.2, 0.25) is 10.0 Å². The highest BCUT2D eigenvalue weighted by Crippen LogP contribution is 2.21. The number of carbonyl (C=O) groups excluding carboxylic acids is 1. The number of carbonyl (C=O) groups is 2. The first-order chi connectivity index (χ1) is 13.9. The lowest BCUT2D eigenvalue weighted by atomic mass is 10.1. The fourth-order valence-electron chi connectivity index (χ4n) is 2.99. The average Bonchev–Trinajstić information content (AvgIpc) is 2.74. The summed E-state index contributed by atoms with van der Waals surface area (Å²) < 4.78 is 27.0. The van der Waals surface area contributed by atoms with Gasteiger partial charge >= 0.3 is 5.97 Å². The molecule has 1 amide bonds. The normalized spacial score (nSPS) is 15.3. The van der Waals surface area contributed by atoms with Gasteiger partial charge in [-0.2, -0.15) is 9.41 Å². The molecule has 1 aliphatic heterocycles. The second-order valence-electron chi connectivity index (χ2n) is 6.62. The molecule has 0 bridgehead atoms. The molecular weight excluding hydrogens is 394 g/mol. The summed E-state index contributed by atoms with van der Waals surface area (Å²) >= 11 is 0. The highest BCUT2D eigenvalue weighted by atomic mass is 32.2. The van der Waals surface area contributed by atoms with Gasteiger partial charge in [-0.25, -0.2) is 18.6 Å². The molecule has 1 saturated heterocycles. The predicted octanol–water partition coefficient (Wildman–Crippen LogP) is 2.32. The number of carboxylic acids is 1. The van der Waals surface area contributed by atoms with E-state index in [0.29, 0.717) is 18.7 Å². The van der Waals surface area contributed by atoms with Crippen LogP contribution in [0.2, 0.25) is 0 Å². The van der Waals surface area contributed by atoms with Crippen molar-refractivity contribution in [1.82, 2.24) is 9.73 Å². The van der Waals surface area contributed by atoms with Gasteiger partial charge in [-0.3, -0.25) is 4.79 Å². The maximum absolute atomic E-state index is 12.8. The lowest BCUT2D eigenvalue weighted by Gasteiger charge is -2.25. The third-order valence-corrected chi connectivity index (χ3v) is 6.48. The lowest BCUT2D eigenvalue weighted by molar-refractivity contribution is 0.0696. The van der Waals surface area contributed by atoms with E-state index < -0.39 is 21.9 Å². The van der Waals surface area contributed by atoms with Crippen LogP contribution >= 0.6 is 0 Å².